The summed E-state index contributed by atoms with van der Waals surface area (Å²) in [5, 5.41) is 0. The number of rotatable bonds is 4. The lowest BCUT2D eigenvalue weighted by atomic mass is 9.79. The zero-order chi connectivity index (χ0) is 17.6. The molecule has 1 aromatic carbocycles. The molecule has 0 amide bonds. The van der Waals surface area contributed by atoms with Gasteiger partial charge in [-0.25, -0.2) is 12.7 Å². The van der Waals surface area contributed by atoms with E-state index in [0.29, 0.717) is 13.1 Å². The molecule has 2 fully saturated rings. The van der Waals surface area contributed by atoms with Crippen LogP contribution < -0.4 is 5.46 Å². The highest BCUT2D eigenvalue weighted by atomic mass is 32.2. The second kappa shape index (κ2) is 6.13. The number of hydrogen-bond acceptors (Lipinski definition) is 4. The summed E-state index contributed by atoms with van der Waals surface area (Å²) in [6.45, 7) is 9.37. The van der Waals surface area contributed by atoms with Crippen molar-refractivity contribution in [2.45, 2.75) is 57.5 Å². The predicted octanol–water partition coefficient (Wildman–Crippen LogP) is 1.91. The molecule has 5 nitrogen and oxygen atoms in total. The highest BCUT2D eigenvalue weighted by Gasteiger charge is 2.51. The number of sulfonamides is 1. The quantitative estimate of drug-likeness (QED) is 0.778. The van der Waals surface area contributed by atoms with Crippen molar-refractivity contribution in [2.75, 3.05) is 13.1 Å². The van der Waals surface area contributed by atoms with Gasteiger partial charge in [-0.2, -0.15) is 0 Å². The molecule has 0 bridgehead atoms. The fourth-order valence-corrected chi connectivity index (χ4v) is 4.63. The Labute approximate surface area is 145 Å². The first-order valence-electron chi connectivity index (χ1n) is 8.53. The lowest BCUT2D eigenvalue weighted by Gasteiger charge is -2.32. The van der Waals surface area contributed by atoms with Crippen molar-refractivity contribution in [3.63, 3.8) is 0 Å². The molecular formula is C17H26BNO4S. The van der Waals surface area contributed by atoms with Crippen LogP contribution in [0.1, 0.15) is 46.1 Å². The molecule has 7 heteroatoms. The van der Waals surface area contributed by atoms with E-state index in [4.69, 9.17) is 9.31 Å². The van der Waals surface area contributed by atoms with Crippen LogP contribution in [-0.4, -0.2) is 44.1 Å². The maximum Gasteiger partial charge on any atom is 0.494 e. The Morgan fingerprint density at radius 2 is 1.50 bits per heavy atom. The van der Waals surface area contributed by atoms with Gasteiger partial charge in [0.2, 0.25) is 10.0 Å². The van der Waals surface area contributed by atoms with Crippen LogP contribution in [-0.2, 0) is 25.1 Å². The molecule has 0 radical (unpaired) electrons. The molecule has 2 saturated heterocycles. The summed E-state index contributed by atoms with van der Waals surface area (Å²) in [5.41, 5.74) is 0.948. The molecule has 0 unspecified atom stereocenters. The predicted molar refractivity (Wildman–Crippen MR) is 95.6 cm³/mol. The standard InChI is InChI=1S/C17H26BNO4S/c1-16(2)17(3,4)23-18(22-16)15-9-7-14(8-10-15)13-24(20,21)19-11-5-6-12-19/h7-10H,5-6,11-13H2,1-4H3. The van der Waals surface area contributed by atoms with Crippen LogP contribution in [0.2, 0.25) is 0 Å². The van der Waals surface area contributed by atoms with Crippen molar-refractivity contribution >= 4 is 22.6 Å². The first kappa shape index (κ1) is 17.9. The third-order valence-corrected chi connectivity index (χ3v) is 7.16. The van der Waals surface area contributed by atoms with Gasteiger partial charge in [0.05, 0.1) is 17.0 Å². The van der Waals surface area contributed by atoms with Crippen LogP contribution in [0, 0.1) is 0 Å². The first-order valence-corrected chi connectivity index (χ1v) is 10.1. The minimum absolute atomic E-state index is 0.0522. The maximum atomic E-state index is 12.4. The molecule has 0 aromatic heterocycles. The van der Waals surface area contributed by atoms with E-state index in [0.717, 1.165) is 23.9 Å². The van der Waals surface area contributed by atoms with E-state index in [-0.39, 0.29) is 17.0 Å². The Balaban J connectivity index is 1.70. The molecule has 0 aliphatic carbocycles. The van der Waals surface area contributed by atoms with Crippen LogP contribution in [0.25, 0.3) is 0 Å². The van der Waals surface area contributed by atoms with Gasteiger partial charge in [-0.15, -0.1) is 0 Å². The van der Waals surface area contributed by atoms with Crippen LogP contribution in [0.4, 0.5) is 0 Å². The largest absolute Gasteiger partial charge is 0.494 e. The van der Waals surface area contributed by atoms with E-state index in [1.54, 1.807) is 4.31 Å². The summed E-state index contributed by atoms with van der Waals surface area (Å²) < 4.78 is 38.4. The molecule has 0 saturated carbocycles. The smallest absolute Gasteiger partial charge is 0.399 e. The van der Waals surface area contributed by atoms with E-state index in [1.165, 1.54) is 0 Å². The van der Waals surface area contributed by atoms with Crippen LogP contribution in [0.15, 0.2) is 24.3 Å². The minimum Gasteiger partial charge on any atom is -0.399 e. The molecule has 2 aliphatic heterocycles. The van der Waals surface area contributed by atoms with Gasteiger partial charge in [-0.3, -0.25) is 0 Å². The molecule has 1 aromatic rings. The molecule has 0 spiro atoms. The van der Waals surface area contributed by atoms with E-state index >= 15 is 0 Å². The fourth-order valence-electron chi connectivity index (χ4n) is 3.02. The van der Waals surface area contributed by atoms with Gasteiger partial charge in [0.1, 0.15) is 0 Å². The van der Waals surface area contributed by atoms with Crippen molar-refractivity contribution in [3.8, 4) is 0 Å². The van der Waals surface area contributed by atoms with E-state index in [2.05, 4.69) is 0 Å². The molecule has 0 N–H and O–H groups in total. The number of benzene rings is 1. The van der Waals surface area contributed by atoms with Crippen LogP contribution in [0.3, 0.4) is 0 Å². The topological polar surface area (TPSA) is 55.8 Å². The Bertz CT molecular complexity index is 678. The zero-order valence-corrected chi connectivity index (χ0v) is 15.7. The van der Waals surface area contributed by atoms with Gasteiger partial charge in [0.15, 0.2) is 0 Å². The third-order valence-electron chi connectivity index (χ3n) is 5.31. The van der Waals surface area contributed by atoms with Crippen molar-refractivity contribution in [1.29, 1.82) is 0 Å². The van der Waals surface area contributed by atoms with Crippen molar-refractivity contribution < 1.29 is 17.7 Å². The van der Waals surface area contributed by atoms with Crippen molar-refractivity contribution in [2.24, 2.45) is 0 Å². The van der Waals surface area contributed by atoms with Crippen molar-refractivity contribution in [3.05, 3.63) is 29.8 Å². The Hall–Kier alpha value is -0.885. The average molecular weight is 351 g/mol. The number of nitrogens with zero attached hydrogens (tertiary/aromatic N) is 1. The summed E-state index contributed by atoms with van der Waals surface area (Å²) in [7, 11) is -3.63. The van der Waals surface area contributed by atoms with E-state index in [9.17, 15) is 8.42 Å². The van der Waals surface area contributed by atoms with Gasteiger partial charge in [0.25, 0.3) is 0 Å². The molecule has 3 rings (SSSR count). The number of hydrogen-bond donors (Lipinski definition) is 0. The SMILES string of the molecule is CC1(C)OB(c2ccc(CS(=O)(=O)N3CCCC3)cc2)OC1(C)C. The monoisotopic (exact) mass is 351 g/mol. The lowest BCUT2D eigenvalue weighted by molar-refractivity contribution is 0.00578. The Morgan fingerprint density at radius 3 is 2.00 bits per heavy atom. The molecule has 132 valence electrons. The summed E-state index contributed by atoms with van der Waals surface area (Å²) in [5.74, 6) is 0.0522. The molecular weight excluding hydrogens is 325 g/mol. The lowest BCUT2D eigenvalue weighted by Crippen LogP contribution is -2.41. The van der Waals surface area contributed by atoms with Gasteiger partial charge in [-0.1, -0.05) is 24.3 Å². The molecule has 2 aliphatic rings. The van der Waals surface area contributed by atoms with E-state index in [1.807, 2.05) is 52.0 Å². The highest BCUT2D eigenvalue weighted by molar-refractivity contribution is 7.88. The summed E-state index contributed by atoms with van der Waals surface area (Å²) >= 11 is 0. The molecule has 24 heavy (non-hydrogen) atoms. The minimum atomic E-state index is -3.21. The third kappa shape index (κ3) is 3.40. The summed E-state index contributed by atoms with van der Waals surface area (Å²) in [6.07, 6.45) is 1.92. The van der Waals surface area contributed by atoms with Crippen molar-refractivity contribution in [1.82, 2.24) is 4.31 Å². The van der Waals surface area contributed by atoms with Gasteiger partial charge in [0, 0.05) is 13.1 Å². The summed E-state index contributed by atoms with van der Waals surface area (Å²) in [6, 6.07) is 7.51. The van der Waals surface area contributed by atoms with Gasteiger partial charge in [-0.05, 0) is 51.6 Å². The molecule has 2 heterocycles. The zero-order valence-electron chi connectivity index (χ0n) is 14.9. The van der Waals surface area contributed by atoms with Crippen LogP contribution in [0.5, 0.6) is 0 Å². The highest BCUT2D eigenvalue weighted by Crippen LogP contribution is 2.36. The summed E-state index contributed by atoms with van der Waals surface area (Å²) in [4.78, 5) is 0. The average Bonchev–Trinajstić information content (AvgIpc) is 3.07. The second-order valence-corrected chi connectivity index (χ2v) is 9.66. The van der Waals surface area contributed by atoms with Gasteiger partial charge < -0.3 is 9.31 Å². The Morgan fingerprint density at radius 1 is 1.00 bits per heavy atom. The molecule has 0 atom stereocenters. The van der Waals surface area contributed by atoms with Crippen LogP contribution >= 0.6 is 0 Å². The second-order valence-electron chi connectivity index (χ2n) is 7.69. The van der Waals surface area contributed by atoms with Gasteiger partial charge >= 0.3 is 7.12 Å². The fraction of sp³-hybridized carbons (Fsp3) is 0.647. The van der Waals surface area contributed by atoms with E-state index < -0.39 is 17.1 Å². The Kier molecular flexibility index (Phi) is 4.58. The first-order chi connectivity index (χ1) is 11.1. The normalized spacial score (nSPS) is 23.8. The maximum absolute atomic E-state index is 12.4.